The van der Waals surface area contributed by atoms with E-state index in [-0.39, 0.29) is 29.9 Å². The predicted molar refractivity (Wildman–Crippen MR) is 111 cm³/mol. The van der Waals surface area contributed by atoms with Crippen LogP contribution in [0.2, 0.25) is 0 Å². The van der Waals surface area contributed by atoms with E-state index in [2.05, 4.69) is 16.7 Å². The van der Waals surface area contributed by atoms with Crippen molar-refractivity contribution >= 4 is 40.6 Å². The molecule has 2 aromatic rings. The first kappa shape index (κ1) is 20.0. The molecule has 144 valence electrons. The Balaban J connectivity index is 1.65. The van der Waals surface area contributed by atoms with Crippen molar-refractivity contribution in [3.63, 3.8) is 0 Å². The normalized spacial score (nSPS) is 16.3. The lowest BCUT2D eigenvalue weighted by Gasteiger charge is -2.23. The lowest BCUT2D eigenvalue weighted by atomic mass is 9.93. The maximum absolute atomic E-state index is 12.3. The van der Waals surface area contributed by atoms with Gasteiger partial charge in [0.25, 0.3) is 0 Å². The molecule has 0 aliphatic carbocycles. The number of thioether (sulfide) groups is 1. The van der Waals surface area contributed by atoms with E-state index in [0.717, 1.165) is 10.6 Å². The fourth-order valence-corrected chi connectivity index (χ4v) is 4.52. The van der Waals surface area contributed by atoms with Crippen molar-refractivity contribution in [3.8, 4) is 11.8 Å². The molecule has 0 bridgehead atoms. The molecule has 0 radical (unpaired) electrons. The van der Waals surface area contributed by atoms with E-state index in [1.54, 1.807) is 24.3 Å². The molecular weight excluding hydrogens is 394 g/mol. The molecule has 1 aliphatic rings. The summed E-state index contributed by atoms with van der Waals surface area (Å²) in [4.78, 5) is 25.3. The summed E-state index contributed by atoms with van der Waals surface area (Å²) in [5.41, 5.74) is 1.16. The first-order valence-electron chi connectivity index (χ1n) is 8.73. The SMILES string of the molecule is CCOc1ccc(NC(=O)CSC2=C(C#N)C(c3cccs3)CC(=O)N2)cc1. The van der Waals surface area contributed by atoms with Crippen LogP contribution >= 0.6 is 23.1 Å². The quantitative estimate of drug-likeness (QED) is 0.719. The Hall–Kier alpha value is -2.76. The highest BCUT2D eigenvalue weighted by Crippen LogP contribution is 2.37. The fourth-order valence-electron chi connectivity index (χ4n) is 2.80. The van der Waals surface area contributed by atoms with Crippen molar-refractivity contribution in [2.45, 2.75) is 19.3 Å². The van der Waals surface area contributed by atoms with E-state index in [4.69, 9.17) is 4.74 Å². The highest BCUT2D eigenvalue weighted by molar-refractivity contribution is 8.03. The topological polar surface area (TPSA) is 91.2 Å². The minimum atomic E-state index is -0.254. The van der Waals surface area contributed by atoms with E-state index < -0.39 is 0 Å². The Kier molecular flexibility index (Phi) is 6.74. The van der Waals surface area contributed by atoms with Gasteiger partial charge in [-0.3, -0.25) is 9.59 Å². The molecule has 0 fully saturated rings. The van der Waals surface area contributed by atoms with Gasteiger partial charge in [0, 0.05) is 22.9 Å². The molecule has 1 unspecified atom stereocenters. The summed E-state index contributed by atoms with van der Waals surface area (Å²) in [7, 11) is 0. The van der Waals surface area contributed by atoms with Gasteiger partial charge in [0.05, 0.1) is 29.0 Å². The number of nitriles is 1. The van der Waals surface area contributed by atoms with Crippen LogP contribution in [0.25, 0.3) is 0 Å². The van der Waals surface area contributed by atoms with Crippen LogP contribution in [0, 0.1) is 11.3 Å². The molecule has 1 atom stereocenters. The molecule has 0 spiro atoms. The number of ether oxygens (including phenoxy) is 1. The fraction of sp³-hybridized carbons (Fsp3) is 0.250. The van der Waals surface area contributed by atoms with E-state index >= 15 is 0 Å². The van der Waals surface area contributed by atoms with Crippen molar-refractivity contribution in [2.75, 3.05) is 17.7 Å². The van der Waals surface area contributed by atoms with Crippen LogP contribution in [0.4, 0.5) is 5.69 Å². The second kappa shape index (κ2) is 9.44. The van der Waals surface area contributed by atoms with Crippen LogP contribution in [-0.2, 0) is 9.59 Å². The van der Waals surface area contributed by atoms with Gasteiger partial charge in [0.1, 0.15) is 5.75 Å². The second-order valence-electron chi connectivity index (χ2n) is 5.97. The van der Waals surface area contributed by atoms with Gasteiger partial charge in [-0.2, -0.15) is 5.26 Å². The number of benzene rings is 1. The zero-order valence-electron chi connectivity index (χ0n) is 15.2. The summed E-state index contributed by atoms with van der Waals surface area (Å²) in [6, 6.07) is 13.1. The number of allylic oxidation sites excluding steroid dienone is 1. The molecule has 2 heterocycles. The minimum Gasteiger partial charge on any atom is -0.494 e. The lowest BCUT2D eigenvalue weighted by Crippen LogP contribution is -2.31. The van der Waals surface area contributed by atoms with Crippen LogP contribution in [0.5, 0.6) is 5.75 Å². The smallest absolute Gasteiger partial charge is 0.234 e. The van der Waals surface area contributed by atoms with Crippen LogP contribution < -0.4 is 15.4 Å². The molecule has 28 heavy (non-hydrogen) atoms. The zero-order valence-corrected chi connectivity index (χ0v) is 16.9. The molecule has 1 aliphatic heterocycles. The molecule has 1 aromatic heterocycles. The van der Waals surface area contributed by atoms with E-state index in [1.807, 2.05) is 24.4 Å². The number of rotatable bonds is 7. The molecule has 2 amide bonds. The van der Waals surface area contributed by atoms with Crippen LogP contribution in [-0.4, -0.2) is 24.2 Å². The summed E-state index contributed by atoms with van der Waals surface area (Å²) in [5.74, 6) is 0.211. The van der Waals surface area contributed by atoms with Gasteiger partial charge in [-0.15, -0.1) is 11.3 Å². The van der Waals surface area contributed by atoms with E-state index in [0.29, 0.717) is 22.9 Å². The largest absolute Gasteiger partial charge is 0.494 e. The number of carbonyl (C=O) groups is 2. The molecule has 3 rings (SSSR count). The molecular formula is C20H19N3O3S2. The van der Waals surface area contributed by atoms with Crippen LogP contribution in [0.1, 0.15) is 24.1 Å². The van der Waals surface area contributed by atoms with Gasteiger partial charge < -0.3 is 15.4 Å². The van der Waals surface area contributed by atoms with Crippen molar-refractivity contribution in [1.82, 2.24) is 5.32 Å². The number of nitrogens with zero attached hydrogens (tertiary/aromatic N) is 1. The zero-order chi connectivity index (χ0) is 19.9. The monoisotopic (exact) mass is 413 g/mol. The highest BCUT2D eigenvalue weighted by atomic mass is 32.2. The third kappa shape index (κ3) is 4.94. The number of nitrogens with one attached hydrogen (secondary N) is 2. The molecule has 6 nitrogen and oxygen atoms in total. The van der Waals surface area contributed by atoms with Crippen molar-refractivity contribution in [1.29, 1.82) is 5.26 Å². The van der Waals surface area contributed by atoms with Crippen LogP contribution in [0.15, 0.2) is 52.4 Å². The molecule has 2 N–H and O–H groups in total. The third-order valence-corrected chi connectivity index (χ3v) is 6.04. The molecule has 0 saturated carbocycles. The van der Waals surface area contributed by atoms with Gasteiger partial charge in [-0.05, 0) is 42.6 Å². The number of amides is 2. The van der Waals surface area contributed by atoms with Gasteiger partial charge in [-0.25, -0.2) is 0 Å². The number of hydrogen-bond donors (Lipinski definition) is 2. The summed E-state index contributed by atoms with van der Waals surface area (Å²) < 4.78 is 5.37. The standard InChI is InChI=1S/C20H19N3O3S2/c1-2-26-14-7-5-13(6-8-14)22-19(25)12-28-20-16(11-21)15(10-18(24)23-20)17-4-3-9-27-17/h3-9,15H,2,10,12H2,1H3,(H,22,25)(H,23,24). The number of carbonyl (C=O) groups excluding carboxylic acids is 2. The molecule has 1 aromatic carbocycles. The predicted octanol–water partition coefficient (Wildman–Crippen LogP) is 3.86. The highest BCUT2D eigenvalue weighted by Gasteiger charge is 2.30. The Bertz CT molecular complexity index is 915. The van der Waals surface area contributed by atoms with Crippen molar-refractivity contribution in [3.05, 3.63) is 57.3 Å². The maximum Gasteiger partial charge on any atom is 0.234 e. The Morgan fingerprint density at radius 3 is 2.82 bits per heavy atom. The summed E-state index contributed by atoms with van der Waals surface area (Å²) >= 11 is 2.69. The van der Waals surface area contributed by atoms with Gasteiger partial charge in [0.2, 0.25) is 11.8 Å². The Morgan fingerprint density at radius 2 is 2.18 bits per heavy atom. The number of anilines is 1. The number of thiophene rings is 1. The first-order valence-corrected chi connectivity index (χ1v) is 10.6. The van der Waals surface area contributed by atoms with Gasteiger partial charge in [0.15, 0.2) is 0 Å². The lowest BCUT2D eigenvalue weighted by molar-refractivity contribution is -0.121. The number of hydrogen-bond acceptors (Lipinski definition) is 6. The van der Waals surface area contributed by atoms with E-state index in [1.165, 1.54) is 23.1 Å². The average molecular weight is 414 g/mol. The first-order chi connectivity index (χ1) is 13.6. The summed E-state index contributed by atoms with van der Waals surface area (Å²) in [6.07, 6.45) is 0.242. The van der Waals surface area contributed by atoms with Crippen molar-refractivity contribution < 1.29 is 14.3 Å². The summed E-state index contributed by atoms with van der Waals surface area (Å²) in [6.45, 7) is 2.49. The van der Waals surface area contributed by atoms with E-state index in [9.17, 15) is 14.9 Å². The second-order valence-corrected chi connectivity index (χ2v) is 7.93. The van der Waals surface area contributed by atoms with Crippen LogP contribution in [0.3, 0.4) is 0 Å². The Labute approximate surface area is 171 Å². The summed E-state index contributed by atoms with van der Waals surface area (Å²) in [5, 5.41) is 17.5. The van der Waals surface area contributed by atoms with Gasteiger partial charge >= 0.3 is 0 Å². The average Bonchev–Trinajstić information content (AvgIpc) is 3.22. The Morgan fingerprint density at radius 1 is 1.39 bits per heavy atom. The van der Waals surface area contributed by atoms with Crippen molar-refractivity contribution in [2.24, 2.45) is 0 Å². The minimum absolute atomic E-state index is 0.0885. The molecule has 0 saturated heterocycles. The molecule has 8 heteroatoms. The maximum atomic E-state index is 12.3. The third-order valence-electron chi connectivity index (χ3n) is 4.04. The van der Waals surface area contributed by atoms with Gasteiger partial charge in [-0.1, -0.05) is 17.8 Å².